The van der Waals surface area contributed by atoms with E-state index in [-0.39, 0.29) is 34.3 Å². The maximum absolute atomic E-state index is 12.4. The van der Waals surface area contributed by atoms with Crippen LogP contribution in [0.15, 0.2) is 42.3 Å². The zero-order valence-electron chi connectivity index (χ0n) is 11.7. The Balaban J connectivity index is 1.82. The molecule has 2 heterocycles. The molecule has 0 unspecified atom stereocenters. The number of allylic oxidation sites excluding steroid dienone is 1. The maximum atomic E-state index is 12.4. The molecule has 6 heteroatoms. The zero-order chi connectivity index (χ0) is 16.1. The summed E-state index contributed by atoms with van der Waals surface area (Å²) >= 11 is 0. The molecule has 0 amide bonds. The molecule has 2 aromatic carbocycles. The van der Waals surface area contributed by atoms with Gasteiger partial charge < -0.3 is 25.0 Å². The van der Waals surface area contributed by atoms with Crippen LogP contribution in [0.1, 0.15) is 15.9 Å². The van der Waals surface area contributed by atoms with E-state index in [1.54, 1.807) is 24.4 Å². The number of benzene rings is 2. The highest BCUT2D eigenvalue weighted by Crippen LogP contribution is 2.40. The van der Waals surface area contributed by atoms with Crippen LogP contribution in [0, 0.1) is 0 Å². The number of carbonyl (C=O) groups is 1. The first-order valence-corrected chi connectivity index (χ1v) is 6.83. The first-order valence-electron chi connectivity index (χ1n) is 6.83. The highest BCUT2D eigenvalue weighted by atomic mass is 16.5. The van der Waals surface area contributed by atoms with E-state index in [0.29, 0.717) is 5.56 Å². The van der Waals surface area contributed by atoms with Gasteiger partial charge in [-0.25, -0.2) is 0 Å². The lowest BCUT2D eigenvalue weighted by Crippen LogP contribution is -1.98. The fraction of sp³-hybridized carbons (Fsp3) is 0. The number of hydrogen-bond donors (Lipinski definition) is 4. The number of fused-ring (bicyclic) bond motifs is 2. The number of ether oxygens (including phenoxy) is 1. The predicted molar refractivity (Wildman–Crippen MR) is 82.7 cm³/mol. The van der Waals surface area contributed by atoms with Crippen molar-refractivity contribution in [1.82, 2.24) is 4.98 Å². The Hall–Kier alpha value is -3.41. The number of aromatic hydroxyl groups is 3. The Morgan fingerprint density at radius 1 is 1.04 bits per heavy atom. The molecule has 23 heavy (non-hydrogen) atoms. The highest BCUT2D eigenvalue weighted by Gasteiger charge is 2.31. The van der Waals surface area contributed by atoms with Crippen LogP contribution < -0.4 is 4.74 Å². The fourth-order valence-electron chi connectivity index (χ4n) is 2.67. The van der Waals surface area contributed by atoms with Crippen molar-refractivity contribution in [3.8, 4) is 23.0 Å². The van der Waals surface area contributed by atoms with Crippen molar-refractivity contribution >= 4 is 22.8 Å². The number of ketones is 1. The predicted octanol–water partition coefficient (Wildman–Crippen LogP) is 2.90. The summed E-state index contributed by atoms with van der Waals surface area (Å²) < 4.78 is 5.45. The van der Waals surface area contributed by atoms with Crippen LogP contribution in [-0.2, 0) is 0 Å². The standard InChI is InChI=1S/C17H11NO5/c19-9-1-2-12-11(4-9)8(7-18-12)3-15-17(22)16-13(21)5-10(20)6-14(16)23-15/h1-7,18-21H/b15-3+. The second kappa shape index (κ2) is 4.54. The molecular weight excluding hydrogens is 298 g/mol. The second-order valence-corrected chi connectivity index (χ2v) is 5.25. The van der Waals surface area contributed by atoms with E-state index in [1.807, 2.05) is 0 Å². The van der Waals surface area contributed by atoms with Gasteiger partial charge in [0.1, 0.15) is 28.6 Å². The van der Waals surface area contributed by atoms with E-state index in [1.165, 1.54) is 12.1 Å². The number of phenols is 3. The minimum atomic E-state index is -0.466. The number of nitrogens with one attached hydrogen (secondary N) is 1. The van der Waals surface area contributed by atoms with Crippen LogP contribution in [0.5, 0.6) is 23.0 Å². The molecule has 114 valence electrons. The van der Waals surface area contributed by atoms with Crippen LogP contribution in [-0.4, -0.2) is 26.1 Å². The lowest BCUT2D eigenvalue weighted by Gasteiger charge is -2.00. The molecule has 3 aromatic rings. The summed E-state index contributed by atoms with van der Waals surface area (Å²) in [4.78, 5) is 15.4. The number of H-pyrrole nitrogens is 1. The third-order valence-corrected chi connectivity index (χ3v) is 3.72. The molecule has 0 aliphatic carbocycles. The molecule has 0 saturated carbocycles. The molecule has 0 atom stereocenters. The van der Waals surface area contributed by atoms with Crippen molar-refractivity contribution in [3.05, 3.63) is 53.4 Å². The Labute approximate surface area is 129 Å². The van der Waals surface area contributed by atoms with E-state index in [0.717, 1.165) is 17.0 Å². The number of hydrogen-bond acceptors (Lipinski definition) is 5. The lowest BCUT2D eigenvalue weighted by atomic mass is 10.1. The molecule has 4 N–H and O–H groups in total. The molecule has 1 aliphatic heterocycles. The van der Waals surface area contributed by atoms with Gasteiger partial charge in [-0.1, -0.05) is 0 Å². The van der Waals surface area contributed by atoms with Gasteiger partial charge in [-0.3, -0.25) is 4.79 Å². The molecule has 1 aliphatic rings. The third-order valence-electron chi connectivity index (χ3n) is 3.72. The summed E-state index contributed by atoms with van der Waals surface area (Å²) in [5, 5.41) is 29.6. The Bertz CT molecular complexity index is 1000. The highest BCUT2D eigenvalue weighted by molar-refractivity contribution is 6.16. The summed E-state index contributed by atoms with van der Waals surface area (Å²) in [6.07, 6.45) is 3.21. The number of aromatic amines is 1. The molecule has 4 rings (SSSR count). The van der Waals surface area contributed by atoms with Gasteiger partial charge in [0.15, 0.2) is 5.76 Å². The number of rotatable bonds is 1. The van der Waals surface area contributed by atoms with Crippen molar-refractivity contribution in [2.75, 3.05) is 0 Å². The molecule has 0 radical (unpaired) electrons. The van der Waals surface area contributed by atoms with Gasteiger partial charge in [-0.05, 0) is 24.3 Å². The van der Waals surface area contributed by atoms with Gasteiger partial charge in [0.2, 0.25) is 5.78 Å². The Morgan fingerprint density at radius 3 is 2.70 bits per heavy atom. The van der Waals surface area contributed by atoms with Crippen LogP contribution in [0.3, 0.4) is 0 Å². The smallest absolute Gasteiger partial charge is 0.235 e. The van der Waals surface area contributed by atoms with Crippen molar-refractivity contribution in [2.45, 2.75) is 0 Å². The van der Waals surface area contributed by atoms with Crippen LogP contribution >= 0.6 is 0 Å². The van der Waals surface area contributed by atoms with Gasteiger partial charge in [-0.2, -0.15) is 0 Å². The molecule has 0 fully saturated rings. The molecule has 1 aromatic heterocycles. The first kappa shape index (κ1) is 13.3. The topological polar surface area (TPSA) is 103 Å². The summed E-state index contributed by atoms with van der Waals surface area (Å²) in [6, 6.07) is 7.22. The molecule has 6 nitrogen and oxygen atoms in total. The summed E-state index contributed by atoms with van der Waals surface area (Å²) in [5.74, 6) is -0.725. The second-order valence-electron chi connectivity index (χ2n) is 5.25. The van der Waals surface area contributed by atoms with E-state index in [4.69, 9.17) is 4.74 Å². The van der Waals surface area contributed by atoms with Gasteiger partial charge in [-0.15, -0.1) is 0 Å². The van der Waals surface area contributed by atoms with Crippen molar-refractivity contribution in [3.63, 3.8) is 0 Å². The van der Waals surface area contributed by atoms with Crippen molar-refractivity contribution < 1.29 is 24.9 Å². The number of carbonyl (C=O) groups excluding carboxylic acids is 1. The lowest BCUT2D eigenvalue weighted by molar-refractivity contribution is 0.101. The summed E-state index contributed by atoms with van der Waals surface area (Å²) in [7, 11) is 0. The largest absolute Gasteiger partial charge is 0.508 e. The SMILES string of the molecule is O=C1/C(=C\c2c[nH]c3ccc(O)cc23)Oc2cc(O)cc(O)c21. The molecule has 0 bridgehead atoms. The molecular formula is C17H11NO5. The molecule has 0 spiro atoms. The van der Waals surface area contributed by atoms with Gasteiger partial charge in [0.25, 0.3) is 0 Å². The van der Waals surface area contributed by atoms with Gasteiger partial charge in [0.05, 0.1) is 0 Å². The van der Waals surface area contributed by atoms with E-state index < -0.39 is 5.78 Å². The average molecular weight is 309 g/mol. The maximum Gasteiger partial charge on any atom is 0.235 e. The fourth-order valence-corrected chi connectivity index (χ4v) is 2.67. The van der Waals surface area contributed by atoms with Crippen molar-refractivity contribution in [2.24, 2.45) is 0 Å². The summed E-state index contributed by atoms with van der Waals surface area (Å²) in [5.41, 5.74) is 1.49. The Morgan fingerprint density at radius 2 is 1.87 bits per heavy atom. The van der Waals surface area contributed by atoms with Gasteiger partial charge in [0, 0.05) is 34.8 Å². The first-order chi connectivity index (χ1) is 11.0. The Kier molecular flexibility index (Phi) is 2.62. The normalized spacial score (nSPS) is 15.1. The monoisotopic (exact) mass is 309 g/mol. The number of Topliss-reactive ketones (excluding diaryl/α,β-unsaturated/α-hetero) is 1. The van der Waals surface area contributed by atoms with Crippen LogP contribution in [0.2, 0.25) is 0 Å². The molecule has 0 saturated heterocycles. The van der Waals surface area contributed by atoms with Crippen LogP contribution in [0.25, 0.3) is 17.0 Å². The minimum Gasteiger partial charge on any atom is -0.508 e. The van der Waals surface area contributed by atoms with Gasteiger partial charge >= 0.3 is 0 Å². The van der Waals surface area contributed by atoms with Crippen LogP contribution in [0.4, 0.5) is 0 Å². The zero-order valence-corrected chi connectivity index (χ0v) is 11.7. The average Bonchev–Trinajstić information content (AvgIpc) is 3.01. The summed E-state index contributed by atoms with van der Waals surface area (Å²) in [6.45, 7) is 0. The third kappa shape index (κ3) is 2.00. The van der Waals surface area contributed by atoms with E-state index in [9.17, 15) is 20.1 Å². The minimum absolute atomic E-state index is 0.0248. The number of phenolic OH excluding ortho intramolecular Hbond substituents is 3. The van der Waals surface area contributed by atoms with Crippen molar-refractivity contribution in [1.29, 1.82) is 0 Å². The quantitative estimate of drug-likeness (QED) is 0.518. The number of aromatic nitrogens is 1. The van der Waals surface area contributed by atoms with E-state index >= 15 is 0 Å². The van der Waals surface area contributed by atoms with E-state index in [2.05, 4.69) is 4.98 Å².